The monoisotopic (exact) mass is 215 g/mol. The van der Waals surface area contributed by atoms with Crippen molar-refractivity contribution in [3.8, 4) is 0 Å². The van der Waals surface area contributed by atoms with E-state index in [0.29, 0.717) is 6.54 Å². The van der Waals surface area contributed by atoms with Gasteiger partial charge in [0.1, 0.15) is 0 Å². The molecule has 0 fully saturated rings. The number of sulfonamides is 1. The van der Waals surface area contributed by atoms with Crippen LogP contribution < -0.4 is 10.5 Å². The molecule has 0 spiro atoms. The first-order valence-corrected chi connectivity index (χ1v) is 5.76. The molecule has 5 nitrogen and oxygen atoms in total. The molecule has 0 saturated heterocycles. The number of pyridine rings is 1. The minimum atomic E-state index is -3.45. The molecular formula is C8H13N3O2S. The van der Waals surface area contributed by atoms with Crippen molar-refractivity contribution in [3.05, 3.63) is 24.5 Å². The number of primary sulfonamides is 1. The summed E-state index contributed by atoms with van der Waals surface area (Å²) in [5.74, 6) is 0. The van der Waals surface area contributed by atoms with E-state index in [1.165, 1.54) is 0 Å². The number of nitrogens with one attached hydrogen (secondary N) is 1. The molecule has 14 heavy (non-hydrogen) atoms. The van der Waals surface area contributed by atoms with Crippen LogP contribution in [-0.2, 0) is 10.0 Å². The van der Waals surface area contributed by atoms with E-state index in [1.807, 2.05) is 0 Å². The second kappa shape index (κ2) is 4.39. The Morgan fingerprint density at radius 1 is 1.50 bits per heavy atom. The Balaban J connectivity index is 2.50. The second-order valence-corrected chi connectivity index (χ2v) is 5.00. The summed E-state index contributed by atoms with van der Waals surface area (Å²) in [6, 6.07) is 3.52. The number of rotatable bonds is 4. The number of aromatic nitrogens is 1. The summed E-state index contributed by atoms with van der Waals surface area (Å²) in [6.07, 6.45) is 3.26. The van der Waals surface area contributed by atoms with E-state index >= 15 is 0 Å². The molecule has 1 atom stereocenters. The Kier molecular flexibility index (Phi) is 3.43. The third kappa shape index (κ3) is 3.31. The van der Waals surface area contributed by atoms with Gasteiger partial charge in [0.2, 0.25) is 10.0 Å². The van der Waals surface area contributed by atoms with Crippen molar-refractivity contribution in [1.29, 1.82) is 0 Å². The molecule has 1 unspecified atom stereocenters. The SMILES string of the molecule is CC(CNc1ccncc1)S(N)(=O)=O. The van der Waals surface area contributed by atoms with E-state index < -0.39 is 15.3 Å². The summed E-state index contributed by atoms with van der Waals surface area (Å²) < 4.78 is 21.8. The van der Waals surface area contributed by atoms with Crippen LogP contribution in [0, 0.1) is 0 Å². The number of hydrogen-bond donors (Lipinski definition) is 2. The Morgan fingerprint density at radius 2 is 2.07 bits per heavy atom. The van der Waals surface area contributed by atoms with Gasteiger partial charge in [-0.1, -0.05) is 0 Å². The maximum atomic E-state index is 10.9. The minimum absolute atomic E-state index is 0.294. The molecule has 3 N–H and O–H groups in total. The molecule has 78 valence electrons. The summed E-state index contributed by atoms with van der Waals surface area (Å²) in [4.78, 5) is 3.84. The van der Waals surface area contributed by atoms with Crippen LogP contribution in [-0.4, -0.2) is 25.2 Å². The van der Waals surface area contributed by atoms with Gasteiger partial charge in [0.25, 0.3) is 0 Å². The predicted molar refractivity (Wildman–Crippen MR) is 55.3 cm³/mol. The van der Waals surface area contributed by atoms with Crippen molar-refractivity contribution in [1.82, 2.24) is 4.98 Å². The van der Waals surface area contributed by atoms with E-state index in [2.05, 4.69) is 10.3 Å². The quantitative estimate of drug-likeness (QED) is 0.749. The van der Waals surface area contributed by atoms with Crippen molar-refractivity contribution in [2.24, 2.45) is 5.14 Å². The topological polar surface area (TPSA) is 85.1 Å². The van der Waals surface area contributed by atoms with Gasteiger partial charge in [0, 0.05) is 24.6 Å². The van der Waals surface area contributed by atoms with Crippen LogP contribution in [0.3, 0.4) is 0 Å². The lowest BCUT2D eigenvalue weighted by atomic mass is 10.4. The first-order valence-electron chi connectivity index (χ1n) is 4.15. The largest absolute Gasteiger partial charge is 0.384 e. The first-order chi connectivity index (χ1) is 6.50. The lowest BCUT2D eigenvalue weighted by molar-refractivity contribution is 0.587. The zero-order valence-corrected chi connectivity index (χ0v) is 8.66. The summed E-state index contributed by atoms with van der Waals surface area (Å²) in [5.41, 5.74) is 0.829. The van der Waals surface area contributed by atoms with E-state index in [1.54, 1.807) is 31.5 Å². The molecule has 1 aromatic heterocycles. The summed E-state index contributed by atoms with van der Waals surface area (Å²) in [5, 5.41) is 7.31. The van der Waals surface area contributed by atoms with Crippen LogP contribution in [0.2, 0.25) is 0 Å². The maximum absolute atomic E-state index is 10.9. The van der Waals surface area contributed by atoms with Gasteiger partial charge >= 0.3 is 0 Å². The van der Waals surface area contributed by atoms with Gasteiger partial charge in [0.05, 0.1) is 5.25 Å². The van der Waals surface area contributed by atoms with Crippen LogP contribution in [0.4, 0.5) is 5.69 Å². The van der Waals surface area contributed by atoms with Crippen LogP contribution in [0.25, 0.3) is 0 Å². The molecule has 0 saturated carbocycles. The number of nitrogens with two attached hydrogens (primary N) is 1. The predicted octanol–water partition coefficient (Wildman–Crippen LogP) is 0.171. The molecule has 0 aliphatic carbocycles. The highest BCUT2D eigenvalue weighted by Crippen LogP contribution is 2.04. The zero-order valence-electron chi connectivity index (χ0n) is 7.84. The molecular weight excluding hydrogens is 202 g/mol. The van der Waals surface area contributed by atoms with Crippen LogP contribution in [0.5, 0.6) is 0 Å². The fourth-order valence-corrected chi connectivity index (χ4v) is 1.16. The Labute approximate surface area is 83.4 Å². The summed E-state index contributed by atoms with van der Waals surface area (Å²) >= 11 is 0. The van der Waals surface area contributed by atoms with Crippen molar-refractivity contribution in [3.63, 3.8) is 0 Å². The molecule has 6 heteroatoms. The van der Waals surface area contributed by atoms with E-state index in [4.69, 9.17) is 5.14 Å². The Bertz CT molecular complexity index is 377. The number of nitrogens with zero attached hydrogens (tertiary/aromatic N) is 1. The van der Waals surface area contributed by atoms with Gasteiger partial charge in [-0.3, -0.25) is 4.98 Å². The lowest BCUT2D eigenvalue weighted by Gasteiger charge is -2.10. The normalized spacial score (nSPS) is 13.6. The van der Waals surface area contributed by atoms with Gasteiger partial charge in [-0.25, -0.2) is 13.6 Å². The molecule has 0 aliphatic rings. The number of anilines is 1. The maximum Gasteiger partial charge on any atom is 0.213 e. The molecule has 0 bridgehead atoms. The molecule has 0 aliphatic heterocycles. The molecule has 1 aromatic rings. The standard InChI is InChI=1S/C8H13N3O2S/c1-7(14(9,12)13)6-11-8-2-4-10-5-3-8/h2-5,7H,6H2,1H3,(H,10,11)(H2,9,12,13). The van der Waals surface area contributed by atoms with Crippen molar-refractivity contribution < 1.29 is 8.42 Å². The van der Waals surface area contributed by atoms with Gasteiger partial charge in [0.15, 0.2) is 0 Å². The fraction of sp³-hybridized carbons (Fsp3) is 0.375. The van der Waals surface area contributed by atoms with Crippen molar-refractivity contribution in [2.45, 2.75) is 12.2 Å². The average Bonchev–Trinajstić information content (AvgIpc) is 2.14. The molecule has 0 radical (unpaired) electrons. The Morgan fingerprint density at radius 3 is 2.57 bits per heavy atom. The highest BCUT2D eigenvalue weighted by molar-refractivity contribution is 7.89. The van der Waals surface area contributed by atoms with Gasteiger partial charge in [-0.15, -0.1) is 0 Å². The fourth-order valence-electron chi connectivity index (χ4n) is 0.847. The van der Waals surface area contributed by atoms with Crippen LogP contribution in [0.1, 0.15) is 6.92 Å². The third-order valence-electron chi connectivity index (χ3n) is 1.83. The summed E-state index contributed by atoms with van der Waals surface area (Å²) in [7, 11) is -3.45. The Hall–Kier alpha value is -1.14. The van der Waals surface area contributed by atoms with E-state index in [9.17, 15) is 8.42 Å². The minimum Gasteiger partial charge on any atom is -0.384 e. The third-order valence-corrected chi connectivity index (χ3v) is 3.12. The molecule has 0 aromatic carbocycles. The van der Waals surface area contributed by atoms with E-state index in [0.717, 1.165) is 5.69 Å². The van der Waals surface area contributed by atoms with Gasteiger partial charge < -0.3 is 5.32 Å². The van der Waals surface area contributed by atoms with Crippen molar-refractivity contribution in [2.75, 3.05) is 11.9 Å². The molecule has 0 amide bonds. The zero-order chi connectivity index (χ0) is 10.6. The van der Waals surface area contributed by atoms with Gasteiger partial charge in [-0.05, 0) is 19.1 Å². The highest BCUT2D eigenvalue weighted by atomic mass is 32.2. The molecule has 1 rings (SSSR count). The van der Waals surface area contributed by atoms with Crippen LogP contribution in [0.15, 0.2) is 24.5 Å². The average molecular weight is 215 g/mol. The van der Waals surface area contributed by atoms with E-state index in [-0.39, 0.29) is 0 Å². The number of hydrogen-bond acceptors (Lipinski definition) is 4. The van der Waals surface area contributed by atoms with Gasteiger partial charge in [-0.2, -0.15) is 0 Å². The lowest BCUT2D eigenvalue weighted by Crippen LogP contribution is -2.31. The van der Waals surface area contributed by atoms with Crippen molar-refractivity contribution >= 4 is 15.7 Å². The smallest absolute Gasteiger partial charge is 0.213 e. The highest BCUT2D eigenvalue weighted by Gasteiger charge is 2.14. The van der Waals surface area contributed by atoms with Crippen LogP contribution >= 0.6 is 0 Å². The second-order valence-electron chi connectivity index (χ2n) is 3.02. The molecule has 1 heterocycles. The first kappa shape index (κ1) is 10.9. The summed E-state index contributed by atoms with van der Waals surface area (Å²) in [6.45, 7) is 1.85.